The van der Waals surface area contributed by atoms with E-state index in [9.17, 15) is 14.5 Å². The van der Waals surface area contributed by atoms with Crippen LogP contribution in [-0.4, -0.2) is 68.8 Å². The van der Waals surface area contributed by atoms with Gasteiger partial charge >= 0.3 is 0 Å². The number of nitrogens with one attached hydrogen (secondary N) is 2. The van der Waals surface area contributed by atoms with E-state index in [4.69, 9.17) is 5.73 Å². The fraction of sp³-hybridized carbons (Fsp3) is 0.400. The van der Waals surface area contributed by atoms with Gasteiger partial charge in [-0.15, -0.1) is 5.01 Å². The number of nitrogens with zero attached hydrogens (tertiary/aromatic N) is 5. The molecule has 2 amide bonds. The number of hydrogen-bond acceptors (Lipinski definition) is 7. The van der Waals surface area contributed by atoms with Crippen LogP contribution in [0.4, 0.5) is 23.1 Å². The molecule has 0 bridgehead atoms. The van der Waals surface area contributed by atoms with Crippen molar-refractivity contribution in [1.29, 1.82) is 0 Å². The van der Waals surface area contributed by atoms with Gasteiger partial charge in [0.2, 0.25) is 11.9 Å². The van der Waals surface area contributed by atoms with Gasteiger partial charge in [-0.1, -0.05) is 0 Å². The fourth-order valence-corrected chi connectivity index (χ4v) is 3.31. The van der Waals surface area contributed by atoms with Crippen LogP contribution in [0.1, 0.15) is 30.1 Å². The van der Waals surface area contributed by atoms with E-state index in [1.807, 2.05) is 0 Å². The lowest BCUT2D eigenvalue weighted by Gasteiger charge is -2.29. The van der Waals surface area contributed by atoms with Crippen LogP contribution in [0.5, 0.6) is 0 Å². The van der Waals surface area contributed by atoms with Gasteiger partial charge in [-0.25, -0.2) is 4.98 Å². The maximum atomic E-state index is 12.6. The second-order valence-corrected chi connectivity index (χ2v) is 7.64. The summed E-state index contributed by atoms with van der Waals surface area (Å²) in [7, 11) is 0. The fourth-order valence-electron chi connectivity index (χ4n) is 3.31. The van der Waals surface area contributed by atoms with Crippen LogP contribution in [0.2, 0.25) is 0 Å². The number of nitroso groups, excluding NO2 is 1. The van der Waals surface area contributed by atoms with Crippen molar-refractivity contribution in [2.75, 3.05) is 36.8 Å². The highest BCUT2D eigenvalue weighted by atomic mass is 16.3. The van der Waals surface area contributed by atoms with Gasteiger partial charge in [0.25, 0.3) is 11.6 Å². The third-order valence-corrected chi connectivity index (χ3v) is 5.28. The Morgan fingerprint density at radius 3 is 2.39 bits per heavy atom. The summed E-state index contributed by atoms with van der Waals surface area (Å²) in [6.07, 6.45) is 3.46. The van der Waals surface area contributed by atoms with Crippen LogP contribution in [-0.2, 0) is 4.79 Å². The van der Waals surface area contributed by atoms with Gasteiger partial charge in [-0.3, -0.25) is 9.59 Å². The summed E-state index contributed by atoms with van der Waals surface area (Å²) in [5.41, 5.74) is 6.84. The Kier molecular flexibility index (Phi) is 5.65. The summed E-state index contributed by atoms with van der Waals surface area (Å²) in [4.78, 5) is 46.8. The van der Waals surface area contributed by atoms with Gasteiger partial charge in [-0.2, -0.15) is 4.98 Å². The first-order chi connectivity index (χ1) is 14.9. The summed E-state index contributed by atoms with van der Waals surface area (Å²) in [6.45, 7) is 3.57. The van der Waals surface area contributed by atoms with Crippen molar-refractivity contribution in [2.24, 2.45) is 5.73 Å². The number of aromatic nitrogens is 2. The Labute approximate surface area is 179 Å². The molecule has 1 saturated heterocycles. The number of carbonyl (C=O) groups is 2. The molecule has 0 spiro atoms. The number of hydrogen-bond donors (Lipinski definition) is 3. The van der Waals surface area contributed by atoms with E-state index < -0.39 is 5.91 Å². The van der Waals surface area contributed by atoms with Crippen molar-refractivity contribution in [3.8, 4) is 0 Å². The van der Waals surface area contributed by atoms with Gasteiger partial charge in [0.05, 0.1) is 23.6 Å². The first-order valence-corrected chi connectivity index (χ1v) is 10.2. The molecule has 1 aromatic carbocycles. The smallest absolute Gasteiger partial charge is 0.292 e. The van der Waals surface area contributed by atoms with Crippen LogP contribution in [0.15, 0.2) is 30.5 Å². The third kappa shape index (κ3) is 4.87. The molecule has 11 heteroatoms. The van der Waals surface area contributed by atoms with E-state index in [0.717, 1.165) is 17.7 Å². The molecule has 2 fully saturated rings. The molecule has 2 heterocycles. The van der Waals surface area contributed by atoms with Crippen molar-refractivity contribution >= 4 is 35.0 Å². The Balaban J connectivity index is 1.41. The number of primary amides is 1. The van der Waals surface area contributed by atoms with Crippen molar-refractivity contribution in [3.05, 3.63) is 40.9 Å². The monoisotopic (exact) mass is 425 g/mol. The van der Waals surface area contributed by atoms with Gasteiger partial charge in [0.15, 0.2) is 4.87 Å². The number of rotatable bonds is 7. The summed E-state index contributed by atoms with van der Waals surface area (Å²) in [6, 6.07) is 7.22. The van der Waals surface area contributed by atoms with Gasteiger partial charge in [0, 0.05) is 50.1 Å². The highest BCUT2D eigenvalue weighted by molar-refractivity contribution is 5.97. The molecule has 0 unspecified atom stereocenters. The van der Waals surface area contributed by atoms with E-state index in [1.54, 1.807) is 34.2 Å². The molecular formula is C20H25N8O3+. The lowest BCUT2D eigenvalue weighted by Crippen LogP contribution is -2.50. The predicted octanol–water partition coefficient (Wildman–Crippen LogP) is 1.38. The van der Waals surface area contributed by atoms with Crippen LogP contribution < -0.4 is 16.4 Å². The van der Waals surface area contributed by atoms with Crippen LogP contribution >= 0.6 is 0 Å². The third-order valence-electron chi connectivity index (χ3n) is 5.28. The molecule has 31 heavy (non-hydrogen) atoms. The number of nitrogens with two attached hydrogens (primary N) is 1. The van der Waals surface area contributed by atoms with Crippen LogP contribution in [0.3, 0.4) is 0 Å². The summed E-state index contributed by atoms with van der Waals surface area (Å²) < 4.78 is 0. The average molecular weight is 425 g/mol. The maximum Gasteiger partial charge on any atom is 0.292 e. The highest BCUT2D eigenvalue weighted by Crippen LogP contribution is 2.27. The molecule has 1 saturated carbocycles. The first-order valence-electron chi connectivity index (χ1n) is 10.2. The number of hydrazine groups is 1. The lowest BCUT2D eigenvalue weighted by molar-refractivity contribution is -0.643. The zero-order valence-corrected chi connectivity index (χ0v) is 17.2. The molecule has 1 aliphatic heterocycles. The Bertz CT molecular complexity index is 998. The summed E-state index contributed by atoms with van der Waals surface area (Å²) >= 11 is 0. The second kappa shape index (κ2) is 8.54. The molecule has 4 rings (SSSR count). The molecule has 4 N–H and O–H groups in total. The molecule has 162 valence electrons. The van der Waals surface area contributed by atoms with Gasteiger partial charge in [-0.05, 0) is 25.0 Å². The Morgan fingerprint density at radius 2 is 1.81 bits per heavy atom. The normalized spacial score (nSPS) is 16.0. The number of carbonyl (C=O) groups excluding carboxylic acids is 2. The SMILES string of the molecule is CC(=O)N1CCN([N+](=O)c2ccc(Nc3ncc(C(N)=O)c(NC4CC4)n3)cc2)CC1. The van der Waals surface area contributed by atoms with E-state index >= 15 is 0 Å². The molecular weight excluding hydrogens is 400 g/mol. The van der Waals surface area contributed by atoms with Crippen LogP contribution in [0.25, 0.3) is 0 Å². The highest BCUT2D eigenvalue weighted by Gasteiger charge is 2.29. The minimum Gasteiger partial charge on any atom is -0.367 e. The molecule has 1 aliphatic carbocycles. The molecule has 0 radical (unpaired) electrons. The van der Waals surface area contributed by atoms with E-state index in [-0.39, 0.29) is 11.5 Å². The zero-order chi connectivity index (χ0) is 22.0. The van der Waals surface area contributed by atoms with E-state index in [2.05, 4.69) is 20.6 Å². The molecule has 2 aliphatic rings. The van der Waals surface area contributed by atoms with Crippen molar-refractivity contribution < 1.29 is 14.5 Å². The molecule has 0 atom stereocenters. The van der Waals surface area contributed by atoms with Crippen molar-refractivity contribution in [3.63, 3.8) is 0 Å². The summed E-state index contributed by atoms with van der Waals surface area (Å²) in [5.74, 6) is 0.174. The Hall–Kier alpha value is -3.76. The number of piperazine rings is 1. The number of amides is 2. The number of benzene rings is 1. The van der Waals surface area contributed by atoms with Crippen molar-refractivity contribution in [1.82, 2.24) is 19.9 Å². The van der Waals surface area contributed by atoms with Gasteiger partial charge < -0.3 is 21.3 Å². The zero-order valence-electron chi connectivity index (χ0n) is 17.2. The van der Waals surface area contributed by atoms with Gasteiger partial charge in [0.1, 0.15) is 5.82 Å². The molecule has 2 aromatic rings. The Morgan fingerprint density at radius 1 is 1.13 bits per heavy atom. The number of anilines is 3. The van der Waals surface area contributed by atoms with Crippen molar-refractivity contribution in [2.45, 2.75) is 25.8 Å². The topological polar surface area (TPSA) is 137 Å². The maximum absolute atomic E-state index is 12.6. The second-order valence-electron chi connectivity index (χ2n) is 7.64. The molecule has 11 nitrogen and oxygen atoms in total. The summed E-state index contributed by atoms with van der Waals surface area (Å²) in [5, 5.41) is 7.94. The van der Waals surface area contributed by atoms with Crippen LogP contribution in [0, 0.1) is 4.91 Å². The minimum atomic E-state index is -0.585. The van der Waals surface area contributed by atoms with E-state index in [0.29, 0.717) is 55.4 Å². The largest absolute Gasteiger partial charge is 0.367 e. The predicted molar refractivity (Wildman–Crippen MR) is 114 cm³/mol. The quantitative estimate of drug-likeness (QED) is 0.566. The first kappa shape index (κ1) is 20.5. The molecule has 1 aromatic heterocycles. The average Bonchev–Trinajstić information content (AvgIpc) is 3.58. The van der Waals surface area contributed by atoms with E-state index in [1.165, 1.54) is 13.1 Å². The lowest BCUT2D eigenvalue weighted by atomic mass is 10.2. The standard InChI is InChI=1S/C20H24N8O3/c1-13(29)26-8-10-27(11-9-26)28(31)16-6-4-15(5-7-16)24-20-22-12-17(18(21)30)19(25-20)23-14-2-3-14/h4-7,12,14H,2-3,8-11H2,1H3,(H3-,21,22,23,24,25,30,31)/p+1. The minimum absolute atomic E-state index is 0.0223.